The maximum absolute atomic E-state index is 8.64. The van der Waals surface area contributed by atoms with Gasteiger partial charge in [0.2, 0.25) is 11.4 Å². The molecule has 0 spiro atoms. The largest absolute Gasteiger partial charge is 0.385 e. The second-order valence-electron chi connectivity index (χ2n) is 2.02. The Hall–Kier alpha value is -0.930. The van der Waals surface area contributed by atoms with Gasteiger partial charge >= 0.3 is 0 Å². The zero-order chi connectivity index (χ0) is 7.40. The molecule has 54 valence electrons. The van der Waals surface area contributed by atoms with Gasteiger partial charge in [0.1, 0.15) is 13.2 Å². The quantitative estimate of drug-likeness (QED) is 0.581. The predicted octanol–water partition coefficient (Wildman–Crippen LogP) is -0.515. The number of rotatable bonds is 2. The van der Waals surface area contributed by atoms with Crippen molar-refractivity contribution in [1.29, 1.82) is 0 Å². The van der Waals surface area contributed by atoms with Crippen molar-refractivity contribution in [3.05, 3.63) is 29.6 Å². The molecule has 3 N–H and O–H groups in total. The van der Waals surface area contributed by atoms with Gasteiger partial charge in [0.25, 0.3) is 0 Å². The van der Waals surface area contributed by atoms with Crippen molar-refractivity contribution in [1.82, 2.24) is 0 Å². The molecule has 1 heterocycles. The topological polar surface area (TPSA) is 54.6 Å². The van der Waals surface area contributed by atoms with Crippen molar-refractivity contribution in [2.24, 2.45) is 0 Å². The molecule has 0 radical (unpaired) electrons. The van der Waals surface area contributed by atoms with Gasteiger partial charge < -0.3 is 10.2 Å². The van der Waals surface area contributed by atoms with Gasteiger partial charge in [0.05, 0.1) is 0 Å². The van der Waals surface area contributed by atoms with Crippen molar-refractivity contribution >= 4 is 0 Å². The first-order valence-corrected chi connectivity index (χ1v) is 3.08. The van der Waals surface area contributed by atoms with Crippen LogP contribution in [-0.2, 0) is 13.2 Å². The van der Waals surface area contributed by atoms with Crippen LogP contribution in [0.3, 0.4) is 0 Å². The van der Waals surface area contributed by atoms with E-state index in [1.807, 2.05) is 0 Å². The van der Waals surface area contributed by atoms with Crippen LogP contribution in [0.15, 0.2) is 18.2 Å². The summed E-state index contributed by atoms with van der Waals surface area (Å²) in [5, 5.41) is 17.3. The summed E-state index contributed by atoms with van der Waals surface area (Å²) in [7, 11) is 0. The van der Waals surface area contributed by atoms with E-state index in [2.05, 4.69) is 4.98 Å². The van der Waals surface area contributed by atoms with Crippen molar-refractivity contribution < 1.29 is 15.2 Å². The molecule has 0 amide bonds. The fourth-order valence-electron chi connectivity index (χ4n) is 0.754. The lowest BCUT2D eigenvalue weighted by atomic mass is 10.3. The summed E-state index contributed by atoms with van der Waals surface area (Å²) in [6.07, 6.45) is 0. The van der Waals surface area contributed by atoms with E-state index in [1.54, 1.807) is 18.2 Å². The van der Waals surface area contributed by atoms with Gasteiger partial charge in [0.15, 0.2) is 0 Å². The lowest BCUT2D eigenvalue weighted by Crippen LogP contribution is -2.16. The molecular formula is C7H10NO2+. The molecule has 0 atom stereocenters. The number of hydrogen-bond acceptors (Lipinski definition) is 2. The van der Waals surface area contributed by atoms with Crippen LogP contribution < -0.4 is 4.98 Å². The summed E-state index contributed by atoms with van der Waals surface area (Å²) >= 11 is 0. The highest BCUT2D eigenvalue weighted by atomic mass is 16.3. The Morgan fingerprint density at radius 2 is 1.60 bits per heavy atom. The van der Waals surface area contributed by atoms with Gasteiger partial charge in [-0.05, 0) is 6.07 Å². The highest BCUT2D eigenvalue weighted by Crippen LogP contribution is 1.92. The highest BCUT2D eigenvalue weighted by Gasteiger charge is 2.00. The Morgan fingerprint density at radius 3 is 2.00 bits per heavy atom. The van der Waals surface area contributed by atoms with Crippen LogP contribution in [0.25, 0.3) is 0 Å². The van der Waals surface area contributed by atoms with E-state index >= 15 is 0 Å². The summed E-state index contributed by atoms with van der Waals surface area (Å²) < 4.78 is 0. The van der Waals surface area contributed by atoms with Gasteiger partial charge in [-0.3, -0.25) is 0 Å². The second kappa shape index (κ2) is 3.29. The number of pyridine rings is 1. The Balaban J connectivity index is 2.87. The first kappa shape index (κ1) is 7.18. The molecule has 0 saturated heterocycles. The van der Waals surface area contributed by atoms with Crippen LogP contribution in [0.2, 0.25) is 0 Å². The lowest BCUT2D eigenvalue weighted by molar-refractivity contribution is -0.410. The molecule has 3 heteroatoms. The number of H-pyrrole nitrogens is 1. The Morgan fingerprint density at radius 1 is 1.10 bits per heavy atom. The standard InChI is InChI=1S/C7H9NO2/c9-4-6-2-1-3-7(5-10)8-6/h1-3,9-10H,4-5H2/p+1. The predicted molar refractivity (Wildman–Crippen MR) is 34.8 cm³/mol. The first-order chi connectivity index (χ1) is 4.86. The van der Waals surface area contributed by atoms with Crippen molar-refractivity contribution in [2.75, 3.05) is 0 Å². The van der Waals surface area contributed by atoms with E-state index in [0.29, 0.717) is 11.4 Å². The Bertz CT molecular complexity index is 193. The Labute approximate surface area is 59.0 Å². The third-order valence-corrected chi connectivity index (χ3v) is 1.26. The molecule has 0 aromatic carbocycles. The molecule has 0 aliphatic rings. The van der Waals surface area contributed by atoms with Gasteiger partial charge in [0, 0.05) is 12.1 Å². The van der Waals surface area contributed by atoms with E-state index < -0.39 is 0 Å². The van der Waals surface area contributed by atoms with Gasteiger partial charge in [-0.25, -0.2) is 4.98 Å². The Kier molecular flexibility index (Phi) is 2.36. The highest BCUT2D eigenvalue weighted by molar-refractivity contribution is 5.01. The molecule has 0 saturated carbocycles. The van der Waals surface area contributed by atoms with Crippen LogP contribution in [-0.4, -0.2) is 10.2 Å². The second-order valence-corrected chi connectivity index (χ2v) is 2.02. The molecule has 0 bridgehead atoms. The van der Waals surface area contributed by atoms with E-state index in [9.17, 15) is 0 Å². The van der Waals surface area contributed by atoms with E-state index in [-0.39, 0.29) is 13.2 Å². The monoisotopic (exact) mass is 140 g/mol. The summed E-state index contributed by atoms with van der Waals surface area (Å²) in [5.41, 5.74) is 1.43. The normalized spacial score (nSPS) is 9.80. The molecule has 0 aliphatic heterocycles. The number of nitrogens with one attached hydrogen (secondary N) is 1. The molecular weight excluding hydrogens is 130 g/mol. The molecule has 0 fully saturated rings. The molecule has 3 nitrogen and oxygen atoms in total. The van der Waals surface area contributed by atoms with Crippen LogP contribution in [0.4, 0.5) is 0 Å². The number of aliphatic hydroxyl groups is 2. The minimum Gasteiger partial charge on any atom is -0.385 e. The van der Waals surface area contributed by atoms with Crippen LogP contribution in [0.5, 0.6) is 0 Å². The molecule has 1 aromatic rings. The van der Waals surface area contributed by atoms with Crippen molar-refractivity contribution in [2.45, 2.75) is 13.2 Å². The van der Waals surface area contributed by atoms with Crippen LogP contribution in [0, 0.1) is 0 Å². The van der Waals surface area contributed by atoms with E-state index in [1.165, 1.54) is 0 Å². The summed E-state index contributed by atoms with van der Waals surface area (Å²) in [5.74, 6) is 0. The molecule has 0 unspecified atom stereocenters. The van der Waals surface area contributed by atoms with Gasteiger partial charge in [-0.2, -0.15) is 0 Å². The molecule has 10 heavy (non-hydrogen) atoms. The lowest BCUT2D eigenvalue weighted by Gasteiger charge is -1.89. The minimum absolute atomic E-state index is 0.0200. The average molecular weight is 140 g/mol. The van der Waals surface area contributed by atoms with Crippen molar-refractivity contribution in [3.8, 4) is 0 Å². The van der Waals surface area contributed by atoms with E-state index in [0.717, 1.165) is 0 Å². The smallest absolute Gasteiger partial charge is 0.205 e. The number of aromatic nitrogens is 1. The maximum atomic E-state index is 8.64. The fourth-order valence-corrected chi connectivity index (χ4v) is 0.754. The van der Waals surface area contributed by atoms with Gasteiger partial charge in [-0.15, -0.1) is 0 Å². The van der Waals surface area contributed by atoms with Crippen LogP contribution >= 0.6 is 0 Å². The molecule has 1 rings (SSSR count). The summed E-state index contributed by atoms with van der Waals surface area (Å²) in [6, 6.07) is 5.31. The fraction of sp³-hybridized carbons (Fsp3) is 0.286. The zero-order valence-electron chi connectivity index (χ0n) is 5.54. The van der Waals surface area contributed by atoms with Crippen molar-refractivity contribution in [3.63, 3.8) is 0 Å². The third kappa shape index (κ3) is 1.52. The van der Waals surface area contributed by atoms with Crippen LogP contribution in [0.1, 0.15) is 11.4 Å². The molecule has 0 aliphatic carbocycles. The van der Waals surface area contributed by atoms with Gasteiger partial charge in [-0.1, -0.05) is 0 Å². The zero-order valence-corrected chi connectivity index (χ0v) is 5.54. The summed E-state index contributed by atoms with van der Waals surface area (Å²) in [4.78, 5) is 2.84. The number of aliphatic hydroxyl groups excluding tert-OH is 2. The number of hydrogen-bond donors (Lipinski definition) is 2. The maximum Gasteiger partial charge on any atom is 0.205 e. The minimum atomic E-state index is -0.0200. The number of aromatic amines is 1. The molecule has 1 aromatic heterocycles. The SMILES string of the molecule is OCc1cccc(CO)[nH+]1. The first-order valence-electron chi connectivity index (χ1n) is 3.08. The van der Waals surface area contributed by atoms with E-state index in [4.69, 9.17) is 10.2 Å². The third-order valence-electron chi connectivity index (χ3n) is 1.26. The average Bonchev–Trinajstić information content (AvgIpc) is 2.05. The summed E-state index contributed by atoms with van der Waals surface area (Å²) in [6.45, 7) is -0.0400.